The first-order valence-corrected chi connectivity index (χ1v) is 7.70. The number of hydrogen-bond donors (Lipinski definition) is 2. The number of ether oxygens (including phenoxy) is 1. The third kappa shape index (κ3) is 4.46. The Hall–Kier alpha value is -1.55. The van der Waals surface area contributed by atoms with Crippen LogP contribution in [0.15, 0.2) is 18.2 Å². The molecule has 1 aliphatic rings. The van der Waals surface area contributed by atoms with E-state index < -0.39 is 0 Å². The van der Waals surface area contributed by atoms with Gasteiger partial charge in [0.25, 0.3) is 5.91 Å². The van der Waals surface area contributed by atoms with Gasteiger partial charge in [-0.2, -0.15) is 0 Å². The second-order valence-corrected chi connectivity index (χ2v) is 5.94. The number of benzene rings is 1. The second-order valence-electron chi connectivity index (χ2n) is 5.94. The van der Waals surface area contributed by atoms with Crippen LogP contribution in [0.1, 0.15) is 36.8 Å². The second kappa shape index (κ2) is 7.46. The number of carbonyl (C=O) groups is 1. The lowest BCUT2D eigenvalue weighted by Gasteiger charge is -2.30. The van der Waals surface area contributed by atoms with E-state index >= 15 is 0 Å². The summed E-state index contributed by atoms with van der Waals surface area (Å²) in [5.41, 5.74) is 2.36. The maximum Gasteiger partial charge on any atom is 0.258 e. The maximum atomic E-state index is 12.0. The topological polar surface area (TPSA) is 58.6 Å². The predicted molar refractivity (Wildman–Crippen MR) is 82.4 cm³/mol. The number of aliphatic hydroxyl groups is 1. The summed E-state index contributed by atoms with van der Waals surface area (Å²) in [5, 5.41) is 12.3. The van der Waals surface area contributed by atoms with Crippen molar-refractivity contribution in [3.05, 3.63) is 29.3 Å². The summed E-state index contributed by atoms with van der Waals surface area (Å²) in [5.74, 6) is 0.790. The zero-order valence-electron chi connectivity index (χ0n) is 12.9. The minimum Gasteiger partial charge on any atom is -0.484 e. The van der Waals surface area contributed by atoms with Gasteiger partial charge in [0, 0.05) is 18.6 Å². The highest BCUT2D eigenvalue weighted by Crippen LogP contribution is 2.24. The molecule has 2 rings (SSSR count). The van der Waals surface area contributed by atoms with E-state index in [0.29, 0.717) is 0 Å². The summed E-state index contributed by atoms with van der Waals surface area (Å²) in [6.45, 7) is 4.24. The molecule has 0 spiro atoms. The van der Waals surface area contributed by atoms with Crippen molar-refractivity contribution in [1.29, 1.82) is 0 Å². The molecular formula is C17H25NO3. The quantitative estimate of drug-likeness (QED) is 0.875. The molecule has 4 nitrogen and oxygen atoms in total. The molecule has 1 aliphatic carbocycles. The average molecular weight is 291 g/mol. The summed E-state index contributed by atoms with van der Waals surface area (Å²) in [7, 11) is 0. The molecule has 1 amide bonds. The van der Waals surface area contributed by atoms with Crippen LogP contribution >= 0.6 is 0 Å². The van der Waals surface area contributed by atoms with Gasteiger partial charge in [0.2, 0.25) is 0 Å². The van der Waals surface area contributed by atoms with Gasteiger partial charge >= 0.3 is 0 Å². The largest absolute Gasteiger partial charge is 0.484 e. The number of amides is 1. The lowest BCUT2D eigenvalue weighted by atomic mass is 9.85. The van der Waals surface area contributed by atoms with Crippen LogP contribution in [0.4, 0.5) is 0 Å². The molecule has 0 bridgehead atoms. The van der Waals surface area contributed by atoms with E-state index in [4.69, 9.17) is 4.74 Å². The van der Waals surface area contributed by atoms with Crippen LogP contribution in [0.3, 0.4) is 0 Å². The normalized spacial score (nSPS) is 21.9. The van der Waals surface area contributed by atoms with Gasteiger partial charge in [-0.3, -0.25) is 4.79 Å². The van der Waals surface area contributed by atoms with E-state index in [9.17, 15) is 9.90 Å². The lowest BCUT2D eigenvalue weighted by molar-refractivity contribution is -0.124. The lowest BCUT2D eigenvalue weighted by Crippen LogP contribution is -2.45. The van der Waals surface area contributed by atoms with Crippen molar-refractivity contribution in [2.75, 3.05) is 13.2 Å². The molecular weight excluding hydrogens is 266 g/mol. The highest BCUT2D eigenvalue weighted by Gasteiger charge is 2.25. The van der Waals surface area contributed by atoms with Gasteiger partial charge in [-0.05, 0) is 49.9 Å². The Balaban J connectivity index is 1.82. The highest BCUT2D eigenvalue weighted by molar-refractivity contribution is 5.77. The Morgan fingerprint density at radius 3 is 2.76 bits per heavy atom. The van der Waals surface area contributed by atoms with Gasteiger partial charge in [-0.25, -0.2) is 0 Å². The van der Waals surface area contributed by atoms with Crippen molar-refractivity contribution in [2.24, 2.45) is 5.92 Å². The average Bonchev–Trinajstić information content (AvgIpc) is 2.49. The number of hydrogen-bond acceptors (Lipinski definition) is 3. The first-order valence-electron chi connectivity index (χ1n) is 7.70. The van der Waals surface area contributed by atoms with Crippen LogP contribution in [0, 0.1) is 19.8 Å². The molecule has 1 aromatic rings. The monoisotopic (exact) mass is 291 g/mol. The molecule has 0 saturated heterocycles. The smallest absolute Gasteiger partial charge is 0.258 e. The van der Waals surface area contributed by atoms with Crippen molar-refractivity contribution in [2.45, 2.75) is 45.6 Å². The van der Waals surface area contributed by atoms with E-state index in [2.05, 4.69) is 5.32 Å². The molecule has 1 fully saturated rings. The van der Waals surface area contributed by atoms with E-state index in [1.165, 1.54) is 5.56 Å². The molecule has 2 unspecified atom stereocenters. The summed E-state index contributed by atoms with van der Waals surface area (Å²) < 4.78 is 5.54. The van der Waals surface area contributed by atoms with Crippen LogP contribution < -0.4 is 10.1 Å². The summed E-state index contributed by atoms with van der Waals surface area (Å²) in [6.07, 6.45) is 4.18. The fourth-order valence-corrected chi connectivity index (χ4v) is 2.82. The summed E-state index contributed by atoms with van der Waals surface area (Å²) in [4.78, 5) is 12.0. The van der Waals surface area contributed by atoms with Crippen LogP contribution in [0.5, 0.6) is 5.75 Å². The van der Waals surface area contributed by atoms with Crippen molar-refractivity contribution in [3.63, 3.8) is 0 Å². The fraction of sp³-hybridized carbons (Fsp3) is 0.588. The van der Waals surface area contributed by atoms with Crippen molar-refractivity contribution in [1.82, 2.24) is 5.32 Å². The summed E-state index contributed by atoms with van der Waals surface area (Å²) >= 11 is 0. The zero-order chi connectivity index (χ0) is 15.2. The third-order valence-corrected chi connectivity index (χ3v) is 4.34. The maximum absolute atomic E-state index is 12.0. The number of aliphatic hydroxyl groups excluding tert-OH is 1. The van der Waals surface area contributed by atoms with E-state index in [-0.39, 0.29) is 31.1 Å². The number of nitrogens with one attached hydrogen (secondary N) is 1. The highest BCUT2D eigenvalue weighted by atomic mass is 16.5. The fourth-order valence-electron chi connectivity index (χ4n) is 2.82. The minimum absolute atomic E-state index is 0.0249. The van der Waals surface area contributed by atoms with Gasteiger partial charge < -0.3 is 15.2 Å². The number of carbonyl (C=O) groups excluding carboxylic acids is 1. The SMILES string of the molecule is Cc1ccc(OCC(=O)NC2CCCCC2CO)cc1C. The molecule has 2 N–H and O–H groups in total. The molecule has 0 heterocycles. The first kappa shape index (κ1) is 15.8. The zero-order valence-corrected chi connectivity index (χ0v) is 12.9. The van der Waals surface area contributed by atoms with Gasteiger partial charge in [0.05, 0.1) is 0 Å². The molecule has 0 aromatic heterocycles. The van der Waals surface area contributed by atoms with E-state index in [1.807, 2.05) is 32.0 Å². The summed E-state index contributed by atoms with van der Waals surface area (Å²) in [6, 6.07) is 5.90. The Kier molecular flexibility index (Phi) is 5.62. The third-order valence-electron chi connectivity index (χ3n) is 4.34. The standard InChI is InChI=1S/C17H25NO3/c1-12-7-8-15(9-13(12)2)21-11-17(20)18-16-6-4-3-5-14(16)10-19/h7-9,14,16,19H,3-6,10-11H2,1-2H3,(H,18,20). The van der Waals surface area contributed by atoms with Gasteiger partial charge in [-0.15, -0.1) is 0 Å². The van der Waals surface area contributed by atoms with Gasteiger partial charge in [0.15, 0.2) is 6.61 Å². The molecule has 116 valence electrons. The van der Waals surface area contributed by atoms with Crippen LogP contribution in [0.25, 0.3) is 0 Å². The van der Waals surface area contributed by atoms with Crippen molar-refractivity contribution in [3.8, 4) is 5.75 Å². The molecule has 4 heteroatoms. The molecule has 0 radical (unpaired) electrons. The molecule has 0 aliphatic heterocycles. The Morgan fingerprint density at radius 1 is 1.29 bits per heavy atom. The minimum atomic E-state index is -0.112. The Labute approximate surface area is 126 Å². The predicted octanol–water partition coefficient (Wildman–Crippen LogP) is 2.35. The van der Waals surface area contributed by atoms with Crippen molar-refractivity contribution < 1.29 is 14.6 Å². The Morgan fingerprint density at radius 2 is 2.05 bits per heavy atom. The van der Waals surface area contributed by atoms with Gasteiger partial charge in [0.1, 0.15) is 5.75 Å². The van der Waals surface area contributed by atoms with Crippen LogP contribution in [0.2, 0.25) is 0 Å². The van der Waals surface area contributed by atoms with Crippen LogP contribution in [-0.2, 0) is 4.79 Å². The van der Waals surface area contributed by atoms with Gasteiger partial charge in [-0.1, -0.05) is 18.9 Å². The number of rotatable bonds is 5. The molecule has 21 heavy (non-hydrogen) atoms. The molecule has 1 saturated carbocycles. The van der Waals surface area contributed by atoms with E-state index in [0.717, 1.165) is 37.0 Å². The molecule has 1 aromatic carbocycles. The van der Waals surface area contributed by atoms with Crippen LogP contribution in [-0.4, -0.2) is 30.3 Å². The molecule has 2 atom stereocenters. The Bertz CT molecular complexity index is 487. The first-order chi connectivity index (χ1) is 10.1. The number of aryl methyl sites for hydroxylation is 2. The van der Waals surface area contributed by atoms with E-state index in [1.54, 1.807) is 0 Å². The van der Waals surface area contributed by atoms with Crippen molar-refractivity contribution >= 4 is 5.91 Å².